The van der Waals surface area contributed by atoms with Crippen molar-refractivity contribution in [3.05, 3.63) is 58.0 Å². The van der Waals surface area contributed by atoms with E-state index in [0.29, 0.717) is 11.3 Å². The van der Waals surface area contributed by atoms with Gasteiger partial charge in [0.1, 0.15) is 12.4 Å². The molecule has 1 N–H and O–H groups in total. The van der Waals surface area contributed by atoms with E-state index in [0.717, 1.165) is 0 Å². The van der Waals surface area contributed by atoms with Crippen LogP contribution in [0, 0.1) is 22.5 Å². The molecular formula is C15H11N3O5. The standard InChI is InChI=1S/C15H11N3O5/c1-2-7-22-13-6-5-12(18(20)21)9-11(13)10-16-17-15(19)14-4-3-8-23-14/h1,3-6,8-10H,7H2,(H,17,19)/b16-10-. The Labute approximate surface area is 130 Å². The van der Waals surface area contributed by atoms with Crippen molar-refractivity contribution in [3.63, 3.8) is 0 Å². The number of hydrazone groups is 1. The van der Waals surface area contributed by atoms with Crippen LogP contribution in [0.5, 0.6) is 5.75 Å². The van der Waals surface area contributed by atoms with E-state index in [2.05, 4.69) is 16.4 Å². The molecule has 0 saturated carbocycles. The van der Waals surface area contributed by atoms with Crippen LogP contribution in [-0.2, 0) is 0 Å². The van der Waals surface area contributed by atoms with Crippen molar-refractivity contribution in [2.75, 3.05) is 6.61 Å². The second-order valence-electron chi connectivity index (χ2n) is 4.15. The van der Waals surface area contributed by atoms with Gasteiger partial charge in [-0.05, 0) is 18.2 Å². The lowest BCUT2D eigenvalue weighted by Crippen LogP contribution is -2.16. The van der Waals surface area contributed by atoms with Crippen molar-refractivity contribution in [3.8, 4) is 18.1 Å². The SMILES string of the molecule is C#CCOc1ccc([N+](=O)[O-])cc1/C=N\NC(=O)c1ccco1. The van der Waals surface area contributed by atoms with Crippen LogP contribution in [0.15, 0.2) is 46.1 Å². The number of nitrogens with one attached hydrogen (secondary N) is 1. The molecule has 1 amide bonds. The molecule has 0 spiro atoms. The fraction of sp³-hybridized carbons (Fsp3) is 0.0667. The second-order valence-corrected chi connectivity index (χ2v) is 4.15. The van der Waals surface area contributed by atoms with Crippen LogP contribution in [0.3, 0.4) is 0 Å². The van der Waals surface area contributed by atoms with E-state index < -0.39 is 10.8 Å². The third-order valence-corrected chi connectivity index (χ3v) is 2.63. The van der Waals surface area contributed by atoms with E-state index in [1.807, 2.05) is 0 Å². The zero-order valence-corrected chi connectivity index (χ0v) is 11.8. The first-order chi connectivity index (χ1) is 11.1. The van der Waals surface area contributed by atoms with Crippen LogP contribution in [0.4, 0.5) is 5.69 Å². The van der Waals surface area contributed by atoms with E-state index in [1.54, 1.807) is 6.07 Å². The van der Waals surface area contributed by atoms with E-state index >= 15 is 0 Å². The van der Waals surface area contributed by atoms with Crippen molar-refractivity contribution >= 4 is 17.8 Å². The quantitative estimate of drug-likeness (QED) is 0.380. The Morgan fingerprint density at radius 1 is 1.52 bits per heavy atom. The average molecular weight is 313 g/mol. The number of nitro groups is 1. The van der Waals surface area contributed by atoms with Gasteiger partial charge in [0.15, 0.2) is 5.76 Å². The summed E-state index contributed by atoms with van der Waals surface area (Å²) in [6.07, 6.45) is 7.69. The van der Waals surface area contributed by atoms with Gasteiger partial charge in [-0.2, -0.15) is 5.10 Å². The summed E-state index contributed by atoms with van der Waals surface area (Å²) in [7, 11) is 0. The van der Waals surface area contributed by atoms with E-state index in [4.69, 9.17) is 15.6 Å². The molecule has 0 saturated heterocycles. The fourth-order valence-electron chi connectivity index (χ4n) is 1.62. The van der Waals surface area contributed by atoms with Crippen LogP contribution in [0.1, 0.15) is 16.1 Å². The minimum Gasteiger partial charge on any atom is -0.480 e. The molecule has 0 bridgehead atoms. The second kappa shape index (κ2) is 7.42. The number of non-ortho nitro benzene ring substituents is 1. The third kappa shape index (κ3) is 4.18. The molecule has 0 aliphatic heterocycles. The summed E-state index contributed by atoms with van der Waals surface area (Å²) in [6, 6.07) is 6.98. The number of benzene rings is 1. The molecule has 1 heterocycles. The number of rotatable bonds is 6. The number of hydrogen-bond donors (Lipinski definition) is 1. The molecule has 8 heteroatoms. The van der Waals surface area contributed by atoms with Gasteiger partial charge in [-0.1, -0.05) is 5.92 Å². The van der Waals surface area contributed by atoms with Crippen molar-refractivity contribution in [1.29, 1.82) is 0 Å². The number of nitrogens with zero attached hydrogens (tertiary/aromatic N) is 2. The van der Waals surface area contributed by atoms with Crippen molar-refractivity contribution < 1.29 is 18.9 Å². The Morgan fingerprint density at radius 3 is 3.00 bits per heavy atom. The number of carbonyl (C=O) groups is 1. The maximum Gasteiger partial charge on any atom is 0.307 e. The highest BCUT2D eigenvalue weighted by Crippen LogP contribution is 2.22. The van der Waals surface area contributed by atoms with Gasteiger partial charge in [0.2, 0.25) is 0 Å². The molecule has 0 radical (unpaired) electrons. The number of furan rings is 1. The van der Waals surface area contributed by atoms with Gasteiger partial charge in [-0.3, -0.25) is 14.9 Å². The molecule has 2 rings (SSSR count). The summed E-state index contributed by atoms with van der Waals surface area (Å²) < 4.78 is 10.2. The highest BCUT2D eigenvalue weighted by molar-refractivity contribution is 5.92. The summed E-state index contributed by atoms with van der Waals surface area (Å²) in [5, 5.41) is 14.5. The first-order valence-electron chi connectivity index (χ1n) is 6.33. The van der Waals surface area contributed by atoms with Crippen molar-refractivity contribution in [2.45, 2.75) is 0 Å². The van der Waals surface area contributed by atoms with Gasteiger partial charge in [0, 0.05) is 17.7 Å². The van der Waals surface area contributed by atoms with Gasteiger partial charge in [-0.15, -0.1) is 6.42 Å². The van der Waals surface area contributed by atoms with Crippen LogP contribution >= 0.6 is 0 Å². The lowest BCUT2D eigenvalue weighted by Gasteiger charge is -2.05. The molecule has 23 heavy (non-hydrogen) atoms. The topological polar surface area (TPSA) is 107 Å². The highest BCUT2D eigenvalue weighted by Gasteiger charge is 2.11. The molecule has 8 nitrogen and oxygen atoms in total. The number of nitro benzene ring substituents is 1. The van der Waals surface area contributed by atoms with Crippen LogP contribution in [-0.4, -0.2) is 23.7 Å². The van der Waals surface area contributed by atoms with Crippen LogP contribution < -0.4 is 10.2 Å². The minimum atomic E-state index is -0.553. The highest BCUT2D eigenvalue weighted by atomic mass is 16.6. The Kier molecular flexibility index (Phi) is 5.09. The van der Waals surface area contributed by atoms with Gasteiger partial charge < -0.3 is 9.15 Å². The normalized spacial score (nSPS) is 10.2. The van der Waals surface area contributed by atoms with Crippen LogP contribution in [0.2, 0.25) is 0 Å². The first-order valence-corrected chi connectivity index (χ1v) is 6.33. The smallest absolute Gasteiger partial charge is 0.307 e. The number of carbonyl (C=O) groups excluding carboxylic acids is 1. The first kappa shape index (κ1) is 15.8. The number of terminal acetylenes is 1. The van der Waals surface area contributed by atoms with Gasteiger partial charge in [0.05, 0.1) is 17.4 Å². The molecule has 2 aromatic rings. The van der Waals surface area contributed by atoms with E-state index in [9.17, 15) is 14.9 Å². The number of amides is 1. The van der Waals surface area contributed by atoms with Crippen LogP contribution in [0.25, 0.3) is 0 Å². The molecule has 1 aromatic heterocycles. The molecule has 0 unspecified atom stereocenters. The molecular weight excluding hydrogens is 302 g/mol. The van der Waals surface area contributed by atoms with Gasteiger partial charge in [-0.25, -0.2) is 5.43 Å². The van der Waals surface area contributed by atoms with E-state index in [-0.39, 0.29) is 18.1 Å². The maximum absolute atomic E-state index is 11.6. The predicted molar refractivity (Wildman–Crippen MR) is 81.2 cm³/mol. The summed E-state index contributed by atoms with van der Waals surface area (Å²) in [4.78, 5) is 21.9. The average Bonchev–Trinajstić information content (AvgIpc) is 3.07. The summed E-state index contributed by atoms with van der Waals surface area (Å²) in [5.41, 5.74) is 2.39. The monoisotopic (exact) mass is 313 g/mol. The van der Waals surface area contributed by atoms with Gasteiger partial charge in [0.25, 0.3) is 5.69 Å². The van der Waals surface area contributed by atoms with Gasteiger partial charge >= 0.3 is 5.91 Å². The number of ether oxygens (including phenoxy) is 1. The summed E-state index contributed by atoms with van der Waals surface area (Å²) in [5.74, 6) is 2.14. The lowest BCUT2D eigenvalue weighted by atomic mass is 10.2. The molecule has 0 aliphatic carbocycles. The summed E-state index contributed by atoms with van der Waals surface area (Å²) in [6.45, 7) is -0.00257. The molecule has 116 valence electrons. The Hall–Kier alpha value is -3.60. The van der Waals surface area contributed by atoms with Crippen molar-refractivity contribution in [2.24, 2.45) is 5.10 Å². The zero-order valence-electron chi connectivity index (χ0n) is 11.8. The molecule has 1 aromatic carbocycles. The summed E-state index contributed by atoms with van der Waals surface area (Å²) >= 11 is 0. The lowest BCUT2D eigenvalue weighted by molar-refractivity contribution is -0.384. The molecule has 0 fully saturated rings. The zero-order chi connectivity index (χ0) is 16.7. The number of hydrogen-bond acceptors (Lipinski definition) is 6. The molecule has 0 atom stereocenters. The Balaban J connectivity index is 2.16. The predicted octanol–water partition coefficient (Wildman–Crippen LogP) is 1.96. The fourth-order valence-corrected chi connectivity index (χ4v) is 1.62. The Morgan fingerprint density at radius 2 is 2.35 bits per heavy atom. The molecule has 0 aliphatic rings. The third-order valence-electron chi connectivity index (χ3n) is 2.63. The minimum absolute atomic E-state index is 0.00257. The largest absolute Gasteiger partial charge is 0.480 e. The van der Waals surface area contributed by atoms with E-state index in [1.165, 1.54) is 36.7 Å². The van der Waals surface area contributed by atoms with Crippen molar-refractivity contribution in [1.82, 2.24) is 5.43 Å². The maximum atomic E-state index is 11.6. The Bertz CT molecular complexity index is 775.